The van der Waals surface area contributed by atoms with E-state index in [1.807, 2.05) is 13.8 Å². The molecule has 0 fully saturated rings. The minimum absolute atomic E-state index is 0.134. The van der Waals surface area contributed by atoms with Crippen molar-refractivity contribution in [3.05, 3.63) is 33.2 Å². The Bertz CT molecular complexity index is 761. The molecule has 1 aliphatic carbocycles. The van der Waals surface area contributed by atoms with Crippen molar-refractivity contribution in [3.8, 4) is 0 Å². The molecule has 3 N–H and O–H groups in total. The van der Waals surface area contributed by atoms with Gasteiger partial charge in [-0.1, -0.05) is 27.7 Å². The minimum atomic E-state index is -1.18. The van der Waals surface area contributed by atoms with Gasteiger partial charge in [-0.3, -0.25) is 14.4 Å². The maximum atomic E-state index is 12.3. The van der Waals surface area contributed by atoms with Crippen LogP contribution < -0.4 is 10.9 Å². The van der Waals surface area contributed by atoms with Gasteiger partial charge < -0.3 is 15.4 Å². The van der Waals surface area contributed by atoms with Crippen molar-refractivity contribution in [1.82, 2.24) is 10.3 Å². The van der Waals surface area contributed by atoms with Gasteiger partial charge in [-0.15, -0.1) is 0 Å². The van der Waals surface area contributed by atoms with E-state index in [0.717, 1.165) is 0 Å². The van der Waals surface area contributed by atoms with Gasteiger partial charge in [0.1, 0.15) is 11.6 Å². The highest BCUT2D eigenvalue weighted by Gasteiger charge is 2.33. The summed E-state index contributed by atoms with van der Waals surface area (Å²) in [5, 5.41) is 11.5. The number of pyridine rings is 1. The molecule has 0 unspecified atom stereocenters. The number of rotatable bonds is 4. The monoisotopic (exact) mass is 334 g/mol. The lowest BCUT2D eigenvalue weighted by molar-refractivity contribution is -0.140. The molecular formula is C17H22N2O5. The average Bonchev–Trinajstić information content (AvgIpc) is 2.41. The predicted octanol–water partition coefficient (Wildman–Crippen LogP) is 1.37. The van der Waals surface area contributed by atoms with Crippen LogP contribution in [0.2, 0.25) is 0 Å². The molecule has 0 spiro atoms. The zero-order valence-electron chi connectivity index (χ0n) is 14.2. The summed E-state index contributed by atoms with van der Waals surface area (Å²) in [7, 11) is 0. The van der Waals surface area contributed by atoms with Crippen molar-refractivity contribution in [2.75, 3.05) is 0 Å². The molecule has 7 heteroatoms. The molecule has 1 atom stereocenters. The van der Waals surface area contributed by atoms with Gasteiger partial charge in [0.2, 0.25) is 0 Å². The van der Waals surface area contributed by atoms with Crippen LogP contribution in [0.4, 0.5) is 0 Å². The number of nitrogens with one attached hydrogen (secondary N) is 2. The van der Waals surface area contributed by atoms with Gasteiger partial charge in [0.05, 0.1) is 0 Å². The van der Waals surface area contributed by atoms with E-state index in [1.165, 1.54) is 6.07 Å². The standard InChI is InChI=1S/C17H22N2O5/c1-8(2)13(16(23)24)19-15(22)10-5-9-11(18-14(10)21)6-17(3,4)7-12(9)20/h5,8,13H,6-7H2,1-4H3,(H,18,21)(H,19,22)(H,23,24)/t13-/m0/s1. The van der Waals surface area contributed by atoms with E-state index in [9.17, 15) is 19.2 Å². The van der Waals surface area contributed by atoms with Crippen molar-refractivity contribution < 1.29 is 19.5 Å². The Balaban J connectivity index is 2.38. The quantitative estimate of drug-likeness (QED) is 0.769. The minimum Gasteiger partial charge on any atom is -0.480 e. The third kappa shape index (κ3) is 3.55. The molecule has 1 aromatic heterocycles. The molecule has 1 aromatic rings. The number of aliphatic carboxylic acids is 1. The van der Waals surface area contributed by atoms with Gasteiger partial charge >= 0.3 is 5.97 Å². The first-order chi connectivity index (χ1) is 11.0. The summed E-state index contributed by atoms with van der Waals surface area (Å²) >= 11 is 0. The maximum absolute atomic E-state index is 12.3. The largest absolute Gasteiger partial charge is 0.480 e. The highest BCUT2D eigenvalue weighted by molar-refractivity contribution is 6.02. The molecule has 1 amide bonds. The molecule has 24 heavy (non-hydrogen) atoms. The number of fused-ring (bicyclic) bond motifs is 1. The Labute approximate surface area is 139 Å². The van der Waals surface area contributed by atoms with Gasteiger partial charge in [-0.25, -0.2) is 4.79 Å². The van der Waals surface area contributed by atoms with Gasteiger partial charge in [0.25, 0.3) is 11.5 Å². The Morgan fingerprint density at radius 3 is 2.42 bits per heavy atom. The summed E-state index contributed by atoms with van der Waals surface area (Å²) in [5.74, 6) is -2.45. The fourth-order valence-electron chi connectivity index (χ4n) is 2.93. The molecule has 0 radical (unpaired) electrons. The zero-order chi connectivity index (χ0) is 18.2. The number of ketones is 1. The summed E-state index contributed by atoms with van der Waals surface area (Å²) in [5.41, 5.74) is -0.256. The smallest absolute Gasteiger partial charge is 0.326 e. The first-order valence-corrected chi connectivity index (χ1v) is 7.85. The first-order valence-electron chi connectivity index (χ1n) is 7.85. The van der Waals surface area contributed by atoms with Crippen LogP contribution in [0, 0.1) is 11.3 Å². The van der Waals surface area contributed by atoms with Crippen LogP contribution >= 0.6 is 0 Å². The topological polar surface area (TPSA) is 116 Å². The zero-order valence-corrected chi connectivity index (χ0v) is 14.2. The first kappa shape index (κ1) is 17.9. The van der Waals surface area contributed by atoms with E-state index in [1.54, 1.807) is 13.8 Å². The predicted molar refractivity (Wildman–Crippen MR) is 87.2 cm³/mol. The fourth-order valence-corrected chi connectivity index (χ4v) is 2.93. The third-order valence-corrected chi connectivity index (χ3v) is 4.18. The molecule has 0 saturated heterocycles. The summed E-state index contributed by atoms with van der Waals surface area (Å²) in [6.45, 7) is 7.18. The van der Waals surface area contributed by atoms with E-state index in [0.29, 0.717) is 24.1 Å². The van der Waals surface area contributed by atoms with E-state index >= 15 is 0 Å². The molecule has 2 rings (SSSR count). The van der Waals surface area contributed by atoms with Crippen LogP contribution in [-0.4, -0.2) is 33.8 Å². The van der Waals surface area contributed by atoms with Gasteiger partial charge in [0.15, 0.2) is 5.78 Å². The van der Waals surface area contributed by atoms with Crippen molar-refractivity contribution in [1.29, 1.82) is 0 Å². The Hall–Kier alpha value is -2.44. The molecule has 7 nitrogen and oxygen atoms in total. The number of aromatic nitrogens is 1. The van der Waals surface area contributed by atoms with Gasteiger partial charge in [-0.05, 0) is 23.8 Å². The number of aromatic amines is 1. The number of Topliss-reactive ketones (excluding diaryl/α,β-unsaturated/α-hetero) is 1. The molecule has 0 bridgehead atoms. The van der Waals surface area contributed by atoms with Crippen LogP contribution in [0.3, 0.4) is 0 Å². The number of carboxylic acid groups (broad SMARTS) is 1. The summed E-state index contributed by atoms with van der Waals surface area (Å²) in [6.07, 6.45) is 0.867. The van der Waals surface area contributed by atoms with Crippen LogP contribution in [0.5, 0.6) is 0 Å². The molecule has 0 saturated carbocycles. The lowest BCUT2D eigenvalue weighted by Crippen LogP contribution is -2.46. The molecule has 0 aliphatic heterocycles. The van der Waals surface area contributed by atoms with E-state index in [4.69, 9.17) is 5.11 Å². The molecule has 0 aromatic carbocycles. The lowest BCUT2D eigenvalue weighted by atomic mass is 9.75. The van der Waals surface area contributed by atoms with Crippen molar-refractivity contribution in [2.45, 2.75) is 46.6 Å². The van der Waals surface area contributed by atoms with Crippen molar-refractivity contribution in [3.63, 3.8) is 0 Å². The SMILES string of the molecule is CC(C)[C@H](NC(=O)c1cc2c([nH]c1=O)CC(C)(C)CC2=O)C(=O)O. The molecule has 130 valence electrons. The Morgan fingerprint density at radius 2 is 1.88 bits per heavy atom. The lowest BCUT2D eigenvalue weighted by Gasteiger charge is -2.29. The number of H-pyrrole nitrogens is 1. The van der Waals surface area contributed by atoms with Crippen molar-refractivity contribution >= 4 is 17.7 Å². The molecular weight excluding hydrogens is 312 g/mol. The maximum Gasteiger partial charge on any atom is 0.326 e. The number of amides is 1. The van der Waals surface area contributed by atoms with Crippen molar-refractivity contribution in [2.24, 2.45) is 11.3 Å². The Kier molecular flexibility index (Phi) is 4.64. The van der Waals surface area contributed by atoms with Gasteiger partial charge in [-0.2, -0.15) is 0 Å². The number of carboxylic acids is 1. The summed E-state index contributed by atoms with van der Waals surface area (Å²) < 4.78 is 0. The number of carbonyl (C=O) groups excluding carboxylic acids is 2. The van der Waals surface area contributed by atoms with E-state index in [2.05, 4.69) is 10.3 Å². The van der Waals surface area contributed by atoms with Crippen LogP contribution in [-0.2, 0) is 11.2 Å². The second-order valence-electron chi connectivity index (χ2n) is 7.38. The third-order valence-electron chi connectivity index (χ3n) is 4.18. The summed E-state index contributed by atoms with van der Waals surface area (Å²) in [6, 6.07) is 0.169. The number of carbonyl (C=O) groups is 3. The molecule has 1 heterocycles. The summed E-state index contributed by atoms with van der Waals surface area (Å²) in [4.78, 5) is 50.6. The average molecular weight is 334 g/mol. The highest BCUT2D eigenvalue weighted by Crippen LogP contribution is 2.33. The second-order valence-corrected chi connectivity index (χ2v) is 7.38. The fraction of sp³-hybridized carbons (Fsp3) is 0.529. The van der Waals surface area contributed by atoms with Gasteiger partial charge in [0, 0.05) is 17.7 Å². The highest BCUT2D eigenvalue weighted by atomic mass is 16.4. The van der Waals surface area contributed by atoms with E-state index < -0.39 is 23.5 Å². The second kappa shape index (κ2) is 6.22. The Morgan fingerprint density at radius 1 is 1.25 bits per heavy atom. The normalized spacial score (nSPS) is 17.3. The van der Waals surface area contributed by atoms with Crippen LogP contribution in [0.1, 0.15) is 60.5 Å². The molecule has 1 aliphatic rings. The van der Waals surface area contributed by atoms with E-state index in [-0.39, 0.29) is 22.7 Å². The van der Waals surface area contributed by atoms with Crippen LogP contribution in [0.25, 0.3) is 0 Å². The number of hydrogen-bond acceptors (Lipinski definition) is 4. The van der Waals surface area contributed by atoms with Crippen LogP contribution in [0.15, 0.2) is 10.9 Å². The number of hydrogen-bond donors (Lipinski definition) is 3.